The molecule has 3 rings (SSSR count). The molecule has 1 amide bonds. The smallest absolute Gasteiger partial charge is 0.295 e. The van der Waals surface area contributed by atoms with Crippen LogP contribution in [0.4, 0.5) is 15.8 Å². The SMILES string of the molecule is Cc1nc(C(=O)Nc2ccc(Cl)c([N+](=O)[O-])c2)nn1-c1ccc(F)cc1. The van der Waals surface area contributed by atoms with Crippen LogP contribution in [0.5, 0.6) is 0 Å². The maximum Gasteiger partial charge on any atom is 0.295 e. The number of carbonyl (C=O) groups is 1. The number of aryl methyl sites for hydroxylation is 1. The van der Waals surface area contributed by atoms with Gasteiger partial charge >= 0.3 is 0 Å². The molecule has 0 aliphatic heterocycles. The molecule has 26 heavy (non-hydrogen) atoms. The molecule has 8 nitrogen and oxygen atoms in total. The average Bonchev–Trinajstić information content (AvgIpc) is 2.99. The Balaban J connectivity index is 1.85. The molecule has 0 spiro atoms. The van der Waals surface area contributed by atoms with E-state index in [9.17, 15) is 19.3 Å². The van der Waals surface area contributed by atoms with Crippen LogP contribution in [0.1, 0.15) is 16.4 Å². The first-order chi connectivity index (χ1) is 12.3. The molecule has 3 aromatic rings. The molecule has 10 heteroatoms. The highest BCUT2D eigenvalue weighted by molar-refractivity contribution is 6.32. The van der Waals surface area contributed by atoms with E-state index in [0.717, 1.165) is 6.07 Å². The molecule has 0 atom stereocenters. The summed E-state index contributed by atoms with van der Waals surface area (Å²) < 4.78 is 14.4. The zero-order chi connectivity index (χ0) is 18.8. The lowest BCUT2D eigenvalue weighted by atomic mass is 10.3. The van der Waals surface area contributed by atoms with E-state index in [4.69, 9.17) is 11.6 Å². The van der Waals surface area contributed by atoms with Crippen molar-refractivity contribution >= 4 is 28.9 Å². The molecule has 0 saturated heterocycles. The van der Waals surface area contributed by atoms with Gasteiger partial charge in [-0.2, -0.15) is 0 Å². The minimum atomic E-state index is -0.649. The van der Waals surface area contributed by atoms with Gasteiger partial charge in [0.1, 0.15) is 16.7 Å². The zero-order valence-corrected chi connectivity index (χ0v) is 14.1. The lowest BCUT2D eigenvalue weighted by molar-refractivity contribution is -0.384. The summed E-state index contributed by atoms with van der Waals surface area (Å²) in [5, 5.41) is 17.4. The van der Waals surface area contributed by atoms with E-state index in [2.05, 4.69) is 15.4 Å². The number of carbonyl (C=O) groups excluding carboxylic acids is 1. The third-order valence-corrected chi connectivity index (χ3v) is 3.76. The Kier molecular flexibility index (Phi) is 4.63. The molecule has 2 aromatic carbocycles. The van der Waals surface area contributed by atoms with Crippen molar-refractivity contribution in [3.05, 3.63) is 75.1 Å². The van der Waals surface area contributed by atoms with Crippen molar-refractivity contribution in [1.29, 1.82) is 0 Å². The Morgan fingerprint density at radius 3 is 2.62 bits per heavy atom. The largest absolute Gasteiger partial charge is 0.319 e. The highest BCUT2D eigenvalue weighted by Crippen LogP contribution is 2.27. The summed E-state index contributed by atoms with van der Waals surface area (Å²) >= 11 is 5.74. The van der Waals surface area contributed by atoms with Gasteiger partial charge in [0, 0.05) is 11.8 Å². The molecule has 0 aliphatic rings. The Hall–Kier alpha value is -3.33. The fourth-order valence-corrected chi connectivity index (χ4v) is 2.42. The first-order valence-electron chi connectivity index (χ1n) is 7.30. The molecule has 0 radical (unpaired) electrons. The third-order valence-electron chi connectivity index (χ3n) is 3.44. The Morgan fingerprint density at radius 2 is 1.96 bits per heavy atom. The first kappa shape index (κ1) is 17.5. The van der Waals surface area contributed by atoms with E-state index in [1.54, 1.807) is 6.92 Å². The number of nitrogens with one attached hydrogen (secondary N) is 1. The van der Waals surface area contributed by atoms with E-state index in [1.165, 1.54) is 41.1 Å². The van der Waals surface area contributed by atoms with Crippen LogP contribution in [0.25, 0.3) is 5.69 Å². The molecule has 0 unspecified atom stereocenters. The number of anilines is 1. The van der Waals surface area contributed by atoms with Crippen LogP contribution < -0.4 is 5.32 Å². The van der Waals surface area contributed by atoms with Crippen LogP contribution >= 0.6 is 11.6 Å². The quantitative estimate of drug-likeness (QED) is 0.555. The molecular weight excluding hydrogens is 365 g/mol. The molecular formula is C16H11ClFN5O3. The van der Waals surface area contributed by atoms with Crippen molar-refractivity contribution in [2.75, 3.05) is 5.32 Å². The fraction of sp³-hybridized carbons (Fsp3) is 0.0625. The second-order valence-corrected chi connectivity index (χ2v) is 5.66. The lowest BCUT2D eigenvalue weighted by Gasteiger charge is -2.03. The van der Waals surface area contributed by atoms with Gasteiger partial charge < -0.3 is 5.32 Å². The average molecular weight is 376 g/mol. The molecule has 0 aliphatic carbocycles. The van der Waals surface area contributed by atoms with Gasteiger partial charge in [0.05, 0.1) is 10.6 Å². The molecule has 0 fully saturated rings. The Labute approximate surface area is 151 Å². The second kappa shape index (κ2) is 6.89. The minimum absolute atomic E-state index is 0.0393. The number of rotatable bonds is 4. The summed E-state index contributed by atoms with van der Waals surface area (Å²) in [5.74, 6) is -0.757. The van der Waals surface area contributed by atoms with Crippen LogP contribution in [0.3, 0.4) is 0 Å². The topological polar surface area (TPSA) is 103 Å². The minimum Gasteiger partial charge on any atom is -0.319 e. The number of nitro benzene ring substituents is 1. The number of halogens is 2. The molecule has 0 saturated carbocycles. The summed E-state index contributed by atoms with van der Waals surface area (Å²) in [7, 11) is 0. The Morgan fingerprint density at radius 1 is 1.27 bits per heavy atom. The summed E-state index contributed by atoms with van der Waals surface area (Å²) in [6.45, 7) is 1.64. The van der Waals surface area contributed by atoms with E-state index in [1.807, 2.05) is 0 Å². The third kappa shape index (κ3) is 3.52. The van der Waals surface area contributed by atoms with Crippen LogP contribution in [-0.4, -0.2) is 25.6 Å². The van der Waals surface area contributed by atoms with E-state index >= 15 is 0 Å². The van der Waals surface area contributed by atoms with Gasteiger partial charge in [-0.1, -0.05) is 11.6 Å². The molecule has 1 N–H and O–H groups in total. The van der Waals surface area contributed by atoms with Crippen molar-refractivity contribution in [2.24, 2.45) is 0 Å². The Bertz CT molecular complexity index is 1000. The molecule has 0 bridgehead atoms. The van der Waals surface area contributed by atoms with Gasteiger partial charge in [-0.15, -0.1) is 5.10 Å². The summed E-state index contributed by atoms with van der Waals surface area (Å²) in [6, 6.07) is 9.42. The summed E-state index contributed by atoms with van der Waals surface area (Å²) in [5.41, 5.74) is 0.393. The van der Waals surface area contributed by atoms with Gasteiger partial charge in [-0.3, -0.25) is 14.9 Å². The molecule has 1 aromatic heterocycles. The monoisotopic (exact) mass is 375 g/mol. The standard InChI is InChI=1S/C16H11ClFN5O3/c1-9-19-15(21-22(9)12-5-2-10(18)3-6-12)16(24)20-11-4-7-13(17)14(8-11)23(25)26/h2-8H,1H3,(H,20,24). The van der Waals surface area contributed by atoms with E-state index < -0.39 is 16.6 Å². The molecule has 1 heterocycles. The fourth-order valence-electron chi connectivity index (χ4n) is 2.23. The predicted octanol–water partition coefficient (Wildman–Crippen LogP) is 3.53. The maximum absolute atomic E-state index is 13.0. The van der Waals surface area contributed by atoms with Crippen molar-refractivity contribution in [3.8, 4) is 5.69 Å². The van der Waals surface area contributed by atoms with Gasteiger partial charge in [0.2, 0.25) is 5.82 Å². The first-order valence-corrected chi connectivity index (χ1v) is 7.68. The number of nitrogens with zero attached hydrogens (tertiary/aromatic N) is 4. The van der Waals surface area contributed by atoms with Gasteiger partial charge in [-0.25, -0.2) is 14.1 Å². The number of hydrogen-bond acceptors (Lipinski definition) is 5. The van der Waals surface area contributed by atoms with Crippen LogP contribution in [0.2, 0.25) is 5.02 Å². The number of hydrogen-bond donors (Lipinski definition) is 1. The lowest BCUT2D eigenvalue weighted by Crippen LogP contribution is -2.14. The highest BCUT2D eigenvalue weighted by atomic mass is 35.5. The normalized spacial score (nSPS) is 10.6. The van der Waals surface area contributed by atoms with E-state index in [-0.39, 0.29) is 22.2 Å². The zero-order valence-electron chi connectivity index (χ0n) is 13.3. The van der Waals surface area contributed by atoms with Crippen LogP contribution in [0, 0.1) is 22.9 Å². The van der Waals surface area contributed by atoms with E-state index in [0.29, 0.717) is 11.5 Å². The second-order valence-electron chi connectivity index (χ2n) is 5.25. The highest BCUT2D eigenvalue weighted by Gasteiger charge is 2.18. The number of amides is 1. The van der Waals surface area contributed by atoms with Crippen molar-refractivity contribution < 1.29 is 14.1 Å². The van der Waals surface area contributed by atoms with Crippen LogP contribution in [-0.2, 0) is 0 Å². The summed E-state index contributed by atoms with van der Waals surface area (Å²) in [6.07, 6.45) is 0. The van der Waals surface area contributed by atoms with Gasteiger partial charge in [0.15, 0.2) is 0 Å². The van der Waals surface area contributed by atoms with Gasteiger partial charge in [0.25, 0.3) is 11.6 Å². The number of benzene rings is 2. The van der Waals surface area contributed by atoms with Crippen LogP contribution in [0.15, 0.2) is 42.5 Å². The van der Waals surface area contributed by atoms with Gasteiger partial charge in [-0.05, 0) is 43.3 Å². The van der Waals surface area contributed by atoms with Crippen molar-refractivity contribution in [2.45, 2.75) is 6.92 Å². The maximum atomic E-state index is 13.0. The summed E-state index contributed by atoms with van der Waals surface area (Å²) in [4.78, 5) is 26.6. The number of aromatic nitrogens is 3. The van der Waals surface area contributed by atoms with Crippen molar-refractivity contribution in [3.63, 3.8) is 0 Å². The van der Waals surface area contributed by atoms with Crippen molar-refractivity contribution in [1.82, 2.24) is 14.8 Å². The predicted molar refractivity (Wildman–Crippen MR) is 92.1 cm³/mol. The number of nitro groups is 1. The molecule has 132 valence electrons.